The summed E-state index contributed by atoms with van der Waals surface area (Å²) in [5.41, 5.74) is 4.30. The summed E-state index contributed by atoms with van der Waals surface area (Å²) in [5.74, 6) is 0.179. The van der Waals surface area contributed by atoms with E-state index >= 15 is 0 Å². The fraction of sp³-hybridized carbons (Fsp3) is 0.471. The third-order valence-corrected chi connectivity index (χ3v) is 4.37. The zero-order valence-corrected chi connectivity index (χ0v) is 13.4. The first kappa shape index (κ1) is 14.8. The molecule has 0 saturated heterocycles. The van der Waals surface area contributed by atoms with Crippen LogP contribution in [0.3, 0.4) is 0 Å². The van der Waals surface area contributed by atoms with Crippen LogP contribution in [0.15, 0.2) is 24.5 Å². The predicted molar refractivity (Wildman–Crippen MR) is 84.2 cm³/mol. The van der Waals surface area contributed by atoms with Gasteiger partial charge in [-0.05, 0) is 38.3 Å². The van der Waals surface area contributed by atoms with Crippen LogP contribution in [0, 0.1) is 13.8 Å². The first-order chi connectivity index (χ1) is 10.6. The quantitative estimate of drug-likeness (QED) is 0.850. The maximum Gasteiger partial charge on any atom is 0.227 e. The van der Waals surface area contributed by atoms with Crippen molar-refractivity contribution in [1.29, 1.82) is 0 Å². The van der Waals surface area contributed by atoms with E-state index < -0.39 is 0 Å². The molecule has 116 valence electrons. The van der Waals surface area contributed by atoms with Crippen molar-refractivity contribution in [2.75, 3.05) is 0 Å². The van der Waals surface area contributed by atoms with Crippen LogP contribution in [-0.4, -0.2) is 31.6 Å². The van der Waals surface area contributed by atoms with E-state index in [1.54, 1.807) is 12.4 Å². The van der Waals surface area contributed by atoms with E-state index in [1.807, 2.05) is 35.7 Å². The van der Waals surface area contributed by atoms with Crippen molar-refractivity contribution in [3.8, 4) is 0 Å². The van der Waals surface area contributed by atoms with E-state index in [9.17, 15) is 4.79 Å². The van der Waals surface area contributed by atoms with Gasteiger partial charge in [0.15, 0.2) is 0 Å². The Balaban J connectivity index is 1.77. The summed E-state index contributed by atoms with van der Waals surface area (Å²) >= 11 is 0. The van der Waals surface area contributed by atoms with E-state index in [0.717, 1.165) is 29.8 Å². The lowest BCUT2D eigenvalue weighted by Crippen LogP contribution is -2.34. The monoisotopic (exact) mass is 298 g/mol. The molecule has 0 N–H and O–H groups in total. The Labute approximate surface area is 131 Å². The van der Waals surface area contributed by atoms with Crippen molar-refractivity contribution in [2.45, 2.75) is 45.7 Å². The summed E-state index contributed by atoms with van der Waals surface area (Å²) in [6.45, 7) is 4.74. The number of aryl methyl sites for hydroxylation is 2. The van der Waals surface area contributed by atoms with Crippen molar-refractivity contribution < 1.29 is 4.79 Å². The fourth-order valence-corrected chi connectivity index (χ4v) is 2.80. The van der Waals surface area contributed by atoms with Gasteiger partial charge in [0.05, 0.1) is 12.1 Å². The molecule has 1 aliphatic rings. The van der Waals surface area contributed by atoms with Crippen molar-refractivity contribution in [2.24, 2.45) is 7.05 Å². The largest absolute Gasteiger partial charge is 0.335 e. The molecule has 2 heterocycles. The molecule has 1 aliphatic carbocycles. The van der Waals surface area contributed by atoms with Crippen LogP contribution in [-0.2, 0) is 24.8 Å². The Hall–Kier alpha value is -2.17. The van der Waals surface area contributed by atoms with Crippen LogP contribution in [0.4, 0.5) is 0 Å². The minimum atomic E-state index is 0.179. The Morgan fingerprint density at radius 3 is 2.73 bits per heavy atom. The minimum Gasteiger partial charge on any atom is -0.335 e. The number of hydrogen-bond acceptors (Lipinski definition) is 3. The lowest BCUT2D eigenvalue weighted by Gasteiger charge is -2.23. The average Bonchev–Trinajstić information content (AvgIpc) is 3.29. The van der Waals surface area contributed by atoms with Crippen LogP contribution in [0.5, 0.6) is 0 Å². The van der Waals surface area contributed by atoms with Gasteiger partial charge in [0, 0.05) is 43.3 Å². The smallest absolute Gasteiger partial charge is 0.227 e. The van der Waals surface area contributed by atoms with Crippen LogP contribution >= 0.6 is 0 Å². The molecule has 0 atom stereocenters. The van der Waals surface area contributed by atoms with E-state index in [-0.39, 0.29) is 5.91 Å². The molecule has 0 bridgehead atoms. The molecule has 1 amide bonds. The standard InChI is InChI=1S/C17H22N4O/c1-12-16(13(2)20(3)19-12)11-21(15-6-7-15)17(22)9-14-5-4-8-18-10-14/h4-5,8,10,15H,6-7,9,11H2,1-3H3. The lowest BCUT2D eigenvalue weighted by molar-refractivity contribution is -0.131. The van der Waals surface area contributed by atoms with Crippen LogP contribution in [0.1, 0.15) is 35.4 Å². The molecular formula is C17H22N4O. The predicted octanol–water partition coefficient (Wildman–Crippen LogP) is 2.17. The summed E-state index contributed by atoms with van der Waals surface area (Å²) in [4.78, 5) is 18.8. The van der Waals surface area contributed by atoms with Gasteiger partial charge in [0.2, 0.25) is 5.91 Å². The summed E-state index contributed by atoms with van der Waals surface area (Å²) in [5, 5.41) is 4.46. The third-order valence-electron chi connectivity index (χ3n) is 4.37. The SMILES string of the molecule is Cc1nn(C)c(C)c1CN(C(=O)Cc1cccnc1)C1CC1. The van der Waals surface area contributed by atoms with Crippen LogP contribution in [0.25, 0.3) is 0 Å². The van der Waals surface area contributed by atoms with Gasteiger partial charge in [-0.2, -0.15) is 5.10 Å². The summed E-state index contributed by atoms with van der Waals surface area (Å²) < 4.78 is 1.89. The van der Waals surface area contributed by atoms with Gasteiger partial charge in [0.1, 0.15) is 0 Å². The second-order valence-corrected chi connectivity index (χ2v) is 6.06. The Morgan fingerprint density at radius 1 is 1.41 bits per heavy atom. The number of amides is 1. The normalized spacial score (nSPS) is 14.1. The average molecular weight is 298 g/mol. The van der Waals surface area contributed by atoms with Gasteiger partial charge in [-0.1, -0.05) is 6.07 Å². The molecule has 0 aliphatic heterocycles. The summed E-state index contributed by atoms with van der Waals surface area (Å²) in [6.07, 6.45) is 6.13. The molecule has 0 unspecified atom stereocenters. The number of carbonyl (C=O) groups excluding carboxylic acids is 1. The summed E-state index contributed by atoms with van der Waals surface area (Å²) in [7, 11) is 1.95. The van der Waals surface area contributed by atoms with Crippen LogP contribution in [0.2, 0.25) is 0 Å². The fourth-order valence-electron chi connectivity index (χ4n) is 2.80. The Kier molecular flexibility index (Phi) is 3.96. The zero-order valence-electron chi connectivity index (χ0n) is 13.4. The highest BCUT2D eigenvalue weighted by Gasteiger charge is 2.33. The van der Waals surface area contributed by atoms with Crippen molar-refractivity contribution in [1.82, 2.24) is 19.7 Å². The maximum absolute atomic E-state index is 12.7. The number of aromatic nitrogens is 3. The Morgan fingerprint density at radius 2 is 2.18 bits per heavy atom. The molecule has 22 heavy (non-hydrogen) atoms. The van der Waals surface area contributed by atoms with E-state index in [0.29, 0.717) is 19.0 Å². The molecule has 2 aromatic heterocycles. The highest BCUT2D eigenvalue weighted by Crippen LogP contribution is 2.30. The van der Waals surface area contributed by atoms with E-state index in [2.05, 4.69) is 17.0 Å². The molecule has 5 heteroatoms. The van der Waals surface area contributed by atoms with E-state index in [4.69, 9.17) is 0 Å². The van der Waals surface area contributed by atoms with Gasteiger partial charge < -0.3 is 4.90 Å². The zero-order chi connectivity index (χ0) is 15.7. The van der Waals surface area contributed by atoms with Gasteiger partial charge >= 0.3 is 0 Å². The first-order valence-corrected chi connectivity index (χ1v) is 7.73. The topological polar surface area (TPSA) is 51.0 Å². The van der Waals surface area contributed by atoms with Crippen LogP contribution < -0.4 is 0 Å². The van der Waals surface area contributed by atoms with Crippen molar-refractivity contribution >= 4 is 5.91 Å². The number of carbonyl (C=O) groups is 1. The van der Waals surface area contributed by atoms with Gasteiger partial charge in [-0.25, -0.2) is 0 Å². The molecule has 3 rings (SSSR count). The second kappa shape index (κ2) is 5.91. The van der Waals surface area contributed by atoms with E-state index in [1.165, 1.54) is 5.56 Å². The van der Waals surface area contributed by atoms with Crippen molar-refractivity contribution in [3.05, 3.63) is 47.0 Å². The number of nitrogens with zero attached hydrogens (tertiary/aromatic N) is 4. The highest BCUT2D eigenvalue weighted by atomic mass is 16.2. The third kappa shape index (κ3) is 3.03. The summed E-state index contributed by atoms with van der Waals surface area (Å²) in [6, 6.07) is 4.22. The first-order valence-electron chi connectivity index (χ1n) is 7.73. The lowest BCUT2D eigenvalue weighted by atomic mass is 10.1. The number of pyridine rings is 1. The molecule has 0 radical (unpaired) electrons. The molecular weight excluding hydrogens is 276 g/mol. The van der Waals surface area contributed by atoms with Gasteiger partial charge in [0.25, 0.3) is 0 Å². The van der Waals surface area contributed by atoms with Gasteiger partial charge in [-0.3, -0.25) is 14.5 Å². The molecule has 1 fully saturated rings. The van der Waals surface area contributed by atoms with Crippen molar-refractivity contribution in [3.63, 3.8) is 0 Å². The minimum absolute atomic E-state index is 0.179. The molecule has 1 saturated carbocycles. The van der Waals surface area contributed by atoms with Gasteiger partial charge in [-0.15, -0.1) is 0 Å². The molecule has 0 aromatic carbocycles. The second-order valence-electron chi connectivity index (χ2n) is 6.06. The molecule has 2 aromatic rings. The molecule has 0 spiro atoms. The number of rotatable bonds is 5. The molecule has 5 nitrogen and oxygen atoms in total. The number of hydrogen-bond donors (Lipinski definition) is 0. The highest BCUT2D eigenvalue weighted by molar-refractivity contribution is 5.79. The Bertz CT molecular complexity index is 673. The maximum atomic E-state index is 12.7.